The van der Waals surface area contributed by atoms with Gasteiger partial charge in [-0.05, 0) is 20.8 Å². The average molecular weight is 483 g/mol. The van der Waals surface area contributed by atoms with Crippen LogP contribution in [0.4, 0.5) is 4.79 Å². The second-order valence-electron chi connectivity index (χ2n) is 7.63. The Labute approximate surface area is 183 Å². The summed E-state index contributed by atoms with van der Waals surface area (Å²) in [4.78, 5) is 31.5. The predicted octanol–water partition coefficient (Wildman–Crippen LogP) is 0.465. The van der Waals surface area contributed by atoms with Gasteiger partial charge in [0.15, 0.2) is 22.2 Å². The fourth-order valence-electron chi connectivity index (χ4n) is 3.23. The molecule has 176 valence electrons. The molecule has 15 heteroatoms. The van der Waals surface area contributed by atoms with Crippen LogP contribution >= 0.6 is 0 Å². The number of carbonyl (C=O) groups is 2. The normalized spacial score (nSPS) is 18.4. The number of hydrogen-bond acceptors (Lipinski definition) is 7. The summed E-state index contributed by atoms with van der Waals surface area (Å²) in [7, 11) is 1.33. The van der Waals surface area contributed by atoms with Crippen molar-refractivity contribution in [3.05, 3.63) is 17.0 Å². The molecule has 3 atom stereocenters. The van der Waals surface area contributed by atoms with E-state index >= 15 is 0 Å². The lowest BCUT2D eigenvalue weighted by molar-refractivity contribution is -0.206. The van der Waals surface area contributed by atoms with Crippen molar-refractivity contribution in [1.29, 1.82) is 0 Å². The number of carboxylic acid groups (broad SMARTS) is 1. The quantitative estimate of drug-likeness (QED) is 0.332. The van der Waals surface area contributed by atoms with Gasteiger partial charge >= 0.3 is 6.09 Å². The van der Waals surface area contributed by atoms with Crippen LogP contribution in [0.5, 0.6) is 0 Å². The van der Waals surface area contributed by atoms with Gasteiger partial charge in [-0.1, -0.05) is 0 Å². The molecule has 1 aliphatic heterocycles. The van der Waals surface area contributed by atoms with Gasteiger partial charge in [0.25, 0.3) is 5.91 Å². The van der Waals surface area contributed by atoms with Crippen molar-refractivity contribution in [1.82, 2.24) is 19.7 Å². The van der Waals surface area contributed by atoms with E-state index in [0.717, 1.165) is 14.6 Å². The number of rotatable bonds is 9. The van der Waals surface area contributed by atoms with E-state index < -0.39 is 51.6 Å². The first-order valence-electron chi connectivity index (χ1n) is 9.10. The smallest absolute Gasteiger partial charge is 0.407 e. The van der Waals surface area contributed by atoms with Crippen molar-refractivity contribution in [3.63, 3.8) is 0 Å². The standard InChI is InChI=1S/C16H26N4O9S2/c1-10-5-12-11(6-19(10)15(22)23)13(20(17-12)8-30(24)25)14(21)18(4)29-16(2,3)7-28-9-31(26)27/h10H,5-9H2,1-4H3,(H,22,23)(H,24,25)(H,26,27)/t10-/m1/s1. The van der Waals surface area contributed by atoms with Gasteiger partial charge in [0.1, 0.15) is 23.1 Å². The highest BCUT2D eigenvalue weighted by atomic mass is 32.2. The van der Waals surface area contributed by atoms with Crippen LogP contribution in [0.1, 0.15) is 42.5 Å². The van der Waals surface area contributed by atoms with Crippen LogP contribution < -0.4 is 0 Å². The summed E-state index contributed by atoms with van der Waals surface area (Å²) in [6, 6.07) is -0.377. The summed E-state index contributed by atoms with van der Waals surface area (Å²) < 4.78 is 46.4. The Hall–Kier alpha value is -1.91. The summed E-state index contributed by atoms with van der Waals surface area (Å²) in [5, 5.41) is 14.6. The first-order chi connectivity index (χ1) is 14.3. The van der Waals surface area contributed by atoms with Crippen molar-refractivity contribution in [3.8, 4) is 0 Å². The molecule has 2 amide bonds. The molecule has 1 aromatic rings. The number of carbonyl (C=O) groups excluding carboxylic acids is 1. The highest BCUT2D eigenvalue weighted by molar-refractivity contribution is 7.79. The van der Waals surface area contributed by atoms with Gasteiger partial charge in [-0.3, -0.25) is 9.63 Å². The Morgan fingerprint density at radius 2 is 1.94 bits per heavy atom. The number of amides is 2. The molecule has 0 saturated carbocycles. The first-order valence-corrected chi connectivity index (χ1v) is 11.7. The molecular weight excluding hydrogens is 456 g/mol. The molecule has 0 radical (unpaired) electrons. The van der Waals surface area contributed by atoms with Crippen LogP contribution in [0.25, 0.3) is 0 Å². The Balaban J connectivity index is 2.30. The molecule has 2 unspecified atom stereocenters. The molecule has 1 aromatic heterocycles. The third-order valence-electron chi connectivity index (χ3n) is 4.47. The number of nitrogens with zero attached hydrogens (tertiary/aromatic N) is 4. The van der Waals surface area contributed by atoms with E-state index in [-0.39, 0.29) is 31.3 Å². The molecule has 1 aliphatic rings. The molecule has 13 nitrogen and oxygen atoms in total. The number of ether oxygens (including phenoxy) is 1. The van der Waals surface area contributed by atoms with E-state index in [4.69, 9.17) is 14.1 Å². The molecule has 0 aliphatic carbocycles. The van der Waals surface area contributed by atoms with Crippen molar-refractivity contribution < 1.29 is 41.8 Å². The Bertz CT molecular complexity index is 889. The molecule has 2 heterocycles. The van der Waals surface area contributed by atoms with Crippen LogP contribution in [0.2, 0.25) is 0 Å². The van der Waals surface area contributed by atoms with Gasteiger partial charge < -0.3 is 23.8 Å². The molecule has 0 aromatic carbocycles. The fourth-order valence-corrected chi connectivity index (χ4v) is 3.86. The van der Waals surface area contributed by atoms with E-state index in [1.807, 2.05) is 0 Å². The average Bonchev–Trinajstić information content (AvgIpc) is 2.94. The third kappa shape index (κ3) is 6.54. The van der Waals surface area contributed by atoms with Crippen molar-refractivity contribution >= 4 is 34.2 Å². The van der Waals surface area contributed by atoms with Crippen molar-refractivity contribution in [2.45, 2.75) is 51.3 Å². The Morgan fingerprint density at radius 3 is 2.48 bits per heavy atom. The van der Waals surface area contributed by atoms with E-state index in [0.29, 0.717) is 11.3 Å². The molecule has 3 N–H and O–H groups in total. The van der Waals surface area contributed by atoms with Gasteiger partial charge in [-0.15, -0.1) is 0 Å². The summed E-state index contributed by atoms with van der Waals surface area (Å²) in [5.74, 6) is -1.59. The minimum absolute atomic E-state index is 0.0498. The zero-order valence-electron chi connectivity index (χ0n) is 17.5. The van der Waals surface area contributed by atoms with Crippen LogP contribution in [-0.2, 0) is 50.6 Å². The number of aromatic nitrogens is 2. The topological polar surface area (TPSA) is 172 Å². The fraction of sp³-hybridized carbons (Fsp3) is 0.688. The van der Waals surface area contributed by atoms with Gasteiger partial charge in [-0.2, -0.15) is 5.10 Å². The van der Waals surface area contributed by atoms with Crippen molar-refractivity contribution in [2.75, 3.05) is 19.6 Å². The van der Waals surface area contributed by atoms with E-state index in [1.54, 1.807) is 20.8 Å². The lowest BCUT2D eigenvalue weighted by Crippen LogP contribution is -2.43. The summed E-state index contributed by atoms with van der Waals surface area (Å²) in [6.07, 6.45) is -0.908. The first kappa shape index (κ1) is 25.4. The van der Waals surface area contributed by atoms with Gasteiger partial charge in [0.05, 0.1) is 18.8 Å². The maximum absolute atomic E-state index is 13.2. The zero-order chi connectivity index (χ0) is 23.5. The Morgan fingerprint density at radius 1 is 1.29 bits per heavy atom. The van der Waals surface area contributed by atoms with Gasteiger partial charge in [-0.25, -0.2) is 23.0 Å². The van der Waals surface area contributed by atoms with Crippen LogP contribution in [0.15, 0.2) is 0 Å². The highest BCUT2D eigenvalue weighted by Crippen LogP contribution is 2.27. The van der Waals surface area contributed by atoms with E-state index in [2.05, 4.69) is 5.10 Å². The molecule has 0 fully saturated rings. The molecule has 0 bridgehead atoms. The van der Waals surface area contributed by atoms with Crippen molar-refractivity contribution in [2.24, 2.45) is 0 Å². The maximum atomic E-state index is 13.2. The minimum atomic E-state index is -2.30. The van der Waals surface area contributed by atoms with Crippen LogP contribution in [-0.4, -0.2) is 85.6 Å². The monoisotopic (exact) mass is 482 g/mol. The molecular formula is C16H26N4O9S2. The number of hydrogen-bond donors (Lipinski definition) is 3. The maximum Gasteiger partial charge on any atom is 0.407 e. The molecule has 0 spiro atoms. The lowest BCUT2D eigenvalue weighted by atomic mass is 10.00. The summed E-state index contributed by atoms with van der Waals surface area (Å²) in [6.45, 7) is 4.70. The minimum Gasteiger partial charge on any atom is -0.465 e. The zero-order valence-corrected chi connectivity index (χ0v) is 19.1. The van der Waals surface area contributed by atoms with Gasteiger partial charge in [0.2, 0.25) is 0 Å². The highest BCUT2D eigenvalue weighted by Gasteiger charge is 2.36. The number of fused-ring (bicyclic) bond motifs is 1. The number of hydroxylamine groups is 2. The second kappa shape index (κ2) is 10.1. The lowest BCUT2D eigenvalue weighted by Gasteiger charge is -2.32. The second-order valence-corrected chi connectivity index (χ2v) is 9.41. The SMILES string of the molecule is C[C@@H]1Cc2nn(CS(=O)O)c(C(=O)N(C)OC(C)(C)COCS(=O)O)c2CN1C(=O)O. The molecule has 31 heavy (non-hydrogen) atoms. The largest absolute Gasteiger partial charge is 0.465 e. The molecule has 0 saturated heterocycles. The van der Waals surface area contributed by atoms with Crippen LogP contribution in [0, 0.1) is 0 Å². The molecule has 2 rings (SSSR count). The van der Waals surface area contributed by atoms with E-state index in [1.165, 1.54) is 7.05 Å². The predicted molar refractivity (Wildman–Crippen MR) is 109 cm³/mol. The third-order valence-corrected chi connectivity index (χ3v) is 5.30. The Kier molecular flexibility index (Phi) is 8.29. The summed E-state index contributed by atoms with van der Waals surface area (Å²) >= 11 is -4.44. The van der Waals surface area contributed by atoms with Crippen LogP contribution in [0.3, 0.4) is 0 Å². The van der Waals surface area contributed by atoms with E-state index in [9.17, 15) is 27.7 Å². The van der Waals surface area contributed by atoms with Gasteiger partial charge in [0, 0.05) is 25.1 Å². The summed E-state index contributed by atoms with van der Waals surface area (Å²) in [5.41, 5.74) is -0.293.